The minimum Gasteiger partial charge on any atom is -0.462 e. The molecule has 0 atom stereocenters. The van der Waals surface area contributed by atoms with Gasteiger partial charge in [-0.3, -0.25) is 0 Å². The van der Waals surface area contributed by atoms with Gasteiger partial charge in [-0.2, -0.15) is 13.2 Å². The van der Waals surface area contributed by atoms with Crippen LogP contribution in [0, 0.1) is 0 Å². The Morgan fingerprint density at radius 2 is 1.81 bits per heavy atom. The molecule has 4 N–H and O–H groups in total. The van der Waals surface area contributed by atoms with Gasteiger partial charge in [0, 0.05) is 5.69 Å². The normalized spacial score (nSPS) is 11.1. The van der Waals surface area contributed by atoms with Gasteiger partial charge >= 0.3 is 12.1 Å². The number of hydrogen-bond acceptors (Lipinski definition) is 7. The highest BCUT2D eigenvalue weighted by Crippen LogP contribution is 2.37. The van der Waals surface area contributed by atoms with Gasteiger partial charge in [0.05, 0.1) is 28.4 Å². The number of benzene rings is 2. The Labute approximate surface area is 180 Å². The Hall–Kier alpha value is -3.53. The zero-order chi connectivity index (χ0) is 22.6. The summed E-state index contributed by atoms with van der Waals surface area (Å²) in [6.45, 7) is 1.90. The summed E-state index contributed by atoms with van der Waals surface area (Å²) in [5, 5.41) is 5.24. The Morgan fingerprint density at radius 3 is 2.48 bits per heavy atom. The number of nitrogen functional groups attached to an aromatic ring is 1. The number of alkyl halides is 3. The highest BCUT2D eigenvalue weighted by molar-refractivity contribution is 6.31. The van der Waals surface area contributed by atoms with Crippen molar-refractivity contribution in [2.75, 3.05) is 23.0 Å². The molecule has 0 aliphatic heterocycles. The molecule has 0 saturated heterocycles. The fraction of sp³-hybridized carbons (Fsp3) is 0.150. The van der Waals surface area contributed by atoms with Crippen LogP contribution in [0.1, 0.15) is 22.8 Å². The van der Waals surface area contributed by atoms with E-state index in [4.69, 9.17) is 22.1 Å². The summed E-state index contributed by atoms with van der Waals surface area (Å²) in [6, 6.07) is 9.92. The van der Waals surface area contributed by atoms with E-state index in [-0.39, 0.29) is 35.2 Å². The molecule has 1 heterocycles. The predicted octanol–water partition coefficient (Wildman–Crippen LogP) is 5.39. The first-order valence-corrected chi connectivity index (χ1v) is 9.36. The van der Waals surface area contributed by atoms with Crippen LogP contribution in [0.5, 0.6) is 0 Å². The summed E-state index contributed by atoms with van der Waals surface area (Å²) >= 11 is 5.65. The average Bonchev–Trinajstić information content (AvgIpc) is 2.72. The smallest absolute Gasteiger partial charge is 0.417 e. The minimum absolute atomic E-state index is 0.0321. The molecule has 3 rings (SSSR count). The maximum Gasteiger partial charge on any atom is 0.417 e. The number of nitrogens with two attached hydrogens (primary N) is 1. The van der Waals surface area contributed by atoms with E-state index in [1.807, 2.05) is 0 Å². The van der Waals surface area contributed by atoms with Gasteiger partial charge < -0.3 is 21.1 Å². The molecule has 31 heavy (non-hydrogen) atoms. The van der Waals surface area contributed by atoms with E-state index in [2.05, 4.69) is 20.6 Å². The van der Waals surface area contributed by atoms with Crippen LogP contribution in [-0.4, -0.2) is 22.5 Å². The van der Waals surface area contributed by atoms with Gasteiger partial charge in [0.1, 0.15) is 12.0 Å². The number of ether oxygens (including phenoxy) is 1. The van der Waals surface area contributed by atoms with E-state index < -0.39 is 22.7 Å². The number of carbonyl (C=O) groups excluding carboxylic acids is 1. The molecule has 0 aliphatic carbocycles. The molecule has 0 saturated carbocycles. The van der Waals surface area contributed by atoms with Crippen LogP contribution in [0.3, 0.4) is 0 Å². The second kappa shape index (κ2) is 9.09. The first kappa shape index (κ1) is 22.2. The van der Waals surface area contributed by atoms with Crippen molar-refractivity contribution in [3.8, 4) is 0 Å². The molecule has 7 nitrogen and oxygen atoms in total. The molecule has 3 aromatic rings. The van der Waals surface area contributed by atoms with Crippen molar-refractivity contribution in [2.24, 2.45) is 0 Å². The lowest BCUT2D eigenvalue weighted by Gasteiger charge is -2.15. The largest absolute Gasteiger partial charge is 0.462 e. The Kier molecular flexibility index (Phi) is 6.50. The van der Waals surface area contributed by atoms with E-state index >= 15 is 0 Å². The summed E-state index contributed by atoms with van der Waals surface area (Å²) in [5.74, 6) is -0.307. The van der Waals surface area contributed by atoms with Crippen molar-refractivity contribution in [3.63, 3.8) is 0 Å². The van der Waals surface area contributed by atoms with E-state index in [1.165, 1.54) is 12.4 Å². The highest BCUT2D eigenvalue weighted by Gasteiger charge is 2.33. The second-order valence-electron chi connectivity index (χ2n) is 6.19. The summed E-state index contributed by atoms with van der Waals surface area (Å²) in [5.41, 5.74) is 5.89. The molecule has 0 aliphatic rings. The van der Waals surface area contributed by atoms with Gasteiger partial charge in [-0.05, 0) is 37.3 Å². The van der Waals surface area contributed by atoms with Gasteiger partial charge in [-0.1, -0.05) is 23.7 Å². The fourth-order valence-electron chi connectivity index (χ4n) is 2.66. The molecular weight excluding hydrogens is 435 g/mol. The third kappa shape index (κ3) is 5.15. The van der Waals surface area contributed by atoms with E-state index in [0.717, 1.165) is 12.1 Å². The highest BCUT2D eigenvalue weighted by atomic mass is 35.5. The van der Waals surface area contributed by atoms with Crippen molar-refractivity contribution in [1.29, 1.82) is 0 Å². The van der Waals surface area contributed by atoms with Crippen LogP contribution in [-0.2, 0) is 10.9 Å². The number of hydrogen-bond donors (Lipinski definition) is 3. The number of para-hydroxylation sites is 1. The van der Waals surface area contributed by atoms with Crippen LogP contribution >= 0.6 is 11.6 Å². The summed E-state index contributed by atoms with van der Waals surface area (Å²) in [7, 11) is 0. The number of esters is 1. The number of halogens is 4. The fourth-order valence-corrected chi connectivity index (χ4v) is 2.88. The number of nitrogens with zero attached hydrogens (tertiary/aromatic N) is 2. The Morgan fingerprint density at radius 1 is 1.13 bits per heavy atom. The third-order valence-corrected chi connectivity index (χ3v) is 4.42. The molecule has 0 spiro atoms. The molecular formula is C20H17ClF3N5O2. The van der Waals surface area contributed by atoms with Crippen molar-refractivity contribution >= 4 is 46.3 Å². The monoisotopic (exact) mass is 451 g/mol. The van der Waals surface area contributed by atoms with Gasteiger partial charge in [0.25, 0.3) is 0 Å². The quantitative estimate of drug-likeness (QED) is 0.431. The summed E-state index contributed by atoms with van der Waals surface area (Å²) < 4.78 is 44.3. The van der Waals surface area contributed by atoms with Gasteiger partial charge in [-0.25, -0.2) is 14.8 Å². The lowest BCUT2D eigenvalue weighted by atomic mass is 10.1. The summed E-state index contributed by atoms with van der Waals surface area (Å²) in [6.07, 6.45) is -3.44. The van der Waals surface area contributed by atoms with Gasteiger partial charge in [0.15, 0.2) is 11.6 Å². The number of nitrogens with one attached hydrogen (secondary N) is 2. The topological polar surface area (TPSA) is 102 Å². The zero-order valence-electron chi connectivity index (χ0n) is 16.1. The van der Waals surface area contributed by atoms with Crippen LogP contribution < -0.4 is 16.4 Å². The zero-order valence-corrected chi connectivity index (χ0v) is 16.9. The molecule has 0 bridgehead atoms. The maximum atomic E-state index is 13.1. The van der Waals surface area contributed by atoms with Crippen LogP contribution in [0.2, 0.25) is 5.02 Å². The third-order valence-electron chi connectivity index (χ3n) is 4.09. The first-order chi connectivity index (χ1) is 14.7. The van der Waals surface area contributed by atoms with Crippen LogP contribution in [0.4, 0.5) is 41.9 Å². The molecule has 162 valence electrons. The number of anilines is 5. The standard InChI is InChI=1S/C20H17ClF3N5O2/c1-2-31-19(30)12-5-3-4-6-15(12)29-18-16(25)17(26-10-27-18)28-11-7-8-14(21)13(9-11)20(22,23)24/h3-10H,2,25H2,1H3,(H2,26,27,28,29). The van der Waals surface area contributed by atoms with Crippen molar-refractivity contribution in [1.82, 2.24) is 9.97 Å². The number of rotatable bonds is 6. The van der Waals surface area contributed by atoms with Crippen LogP contribution in [0.15, 0.2) is 48.8 Å². The SMILES string of the molecule is CCOC(=O)c1ccccc1Nc1ncnc(Nc2ccc(Cl)c(C(F)(F)F)c2)c1N. The van der Waals surface area contributed by atoms with Crippen molar-refractivity contribution in [3.05, 3.63) is 64.9 Å². The van der Waals surface area contributed by atoms with Crippen molar-refractivity contribution in [2.45, 2.75) is 13.1 Å². The number of aromatic nitrogens is 2. The average molecular weight is 452 g/mol. The molecule has 0 unspecified atom stereocenters. The first-order valence-electron chi connectivity index (χ1n) is 8.98. The maximum absolute atomic E-state index is 13.1. The molecule has 1 aromatic heterocycles. The van der Waals surface area contributed by atoms with E-state index in [9.17, 15) is 18.0 Å². The summed E-state index contributed by atoms with van der Waals surface area (Å²) in [4.78, 5) is 20.2. The van der Waals surface area contributed by atoms with Crippen molar-refractivity contribution < 1.29 is 22.7 Å². The predicted molar refractivity (Wildman–Crippen MR) is 112 cm³/mol. The van der Waals surface area contributed by atoms with Gasteiger partial charge in [-0.15, -0.1) is 0 Å². The van der Waals surface area contributed by atoms with Crippen LogP contribution in [0.25, 0.3) is 0 Å². The molecule has 0 radical (unpaired) electrons. The number of carbonyl (C=O) groups is 1. The molecule has 0 fully saturated rings. The molecule has 11 heteroatoms. The Bertz CT molecular complexity index is 1110. The lowest BCUT2D eigenvalue weighted by Crippen LogP contribution is -2.10. The van der Waals surface area contributed by atoms with E-state index in [0.29, 0.717) is 5.69 Å². The molecule has 2 aromatic carbocycles. The van der Waals surface area contributed by atoms with E-state index in [1.54, 1.807) is 31.2 Å². The second-order valence-corrected chi connectivity index (χ2v) is 6.60. The minimum atomic E-state index is -4.62. The Balaban J connectivity index is 1.90. The molecule has 0 amide bonds. The van der Waals surface area contributed by atoms with Gasteiger partial charge in [0.2, 0.25) is 0 Å². The lowest BCUT2D eigenvalue weighted by molar-refractivity contribution is -0.137.